The number of para-hydroxylation sites is 1. The lowest BCUT2D eigenvalue weighted by molar-refractivity contribution is -0.114. The first-order valence-electron chi connectivity index (χ1n) is 4.29. The third-order valence-corrected chi connectivity index (χ3v) is 2.32. The van der Waals surface area contributed by atoms with Crippen molar-refractivity contribution in [2.75, 3.05) is 5.43 Å². The van der Waals surface area contributed by atoms with E-state index < -0.39 is 11.6 Å². The third-order valence-electron chi connectivity index (χ3n) is 1.69. The predicted molar refractivity (Wildman–Crippen MR) is 65.5 cm³/mol. The molecule has 0 saturated heterocycles. The van der Waals surface area contributed by atoms with Gasteiger partial charge in [0.2, 0.25) is 5.71 Å². The van der Waals surface area contributed by atoms with Crippen molar-refractivity contribution in [1.29, 1.82) is 5.26 Å². The van der Waals surface area contributed by atoms with Gasteiger partial charge in [0.05, 0.1) is 15.7 Å². The van der Waals surface area contributed by atoms with Gasteiger partial charge in [0.25, 0.3) is 5.91 Å². The Morgan fingerprint density at radius 2 is 2.00 bits per heavy atom. The number of benzene rings is 1. The molecular weight excluding hydrogens is 265 g/mol. The van der Waals surface area contributed by atoms with Gasteiger partial charge < -0.3 is 0 Å². The number of nitrogens with one attached hydrogen (secondary N) is 2. The van der Waals surface area contributed by atoms with Crippen LogP contribution in [0.2, 0.25) is 10.0 Å². The zero-order chi connectivity index (χ0) is 12.8. The topological polar surface area (TPSA) is 103 Å². The van der Waals surface area contributed by atoms with E-state index in [2.05, 4.69) is 10.5 Å². The molecule has 0 spiro atoms. The van der Waals surface area contributed by atoms with Gasteiger partial charge in [0.15, 0.2) is 0 Å². The number of nitrogens with two attached hydrogens (primary N) is 1. The number of hydrogen-bond acceptors (Lipinski definition) is 5. The molecule has 4 N–H and O–H groups in total. The molecule has 0 heterocycles. The van der Waals surface area contributed by atoms with Crippen LogP contribution in [-0.2, 0) is 4.79 Å². The summed E-state index contributed by atoms with van der Waals surface area (Å²) in [6.07, 6.45) is 0. The van der Waals surface area contributed by atoms with E-state index in [-0.39, 0.29) is 0 Å². The molecule has 0 atom stereocenters. The number of hydrazone groups is 1. The fourth-order valence-electron chi connectivity index (χ4n) is 0.911. The molecule has 17 heavy (non-hydrogen) atoms. The van der Waals surface area contributed by atoms with Crippen LogP contribution < -0.4 is 16.7 Å². The molecule has 0 fully saturated rings. The third kappa shape index (κ3) is 3.32. The number of nitrogens with zero attached hydrogens (tertiary/aromatic N) is 2. The molecule has 6 nitrogen and oxygen atoms in total. The molecule has 1 amide bonds. The summed E-state index contributed by atoms with van der Waals surface area (Å²) in [4.78, 5) is 11.0. The van der Waals surface area contributed by atoms with E-state index in [0.29, 0.717) is 15.7 Å². The van der Waals surface area contributed by atoms with Crippen LogP contribution in [0.3, 0.4) is 0 Å². The second-order valence-electron chi connectivity index (χ2n) is 2.75. The Bertz CT molecular complexity index is 488. The Hall–Kier alpha value is -1.81. The van der Waals surface area contributed by atoms with Gasteiger partial charge >= 0.3 is 0 Å². The maximum absolute atomic E-state index is 11.0. The van der Waals surface area contributed by atoms with Crippen LogP contribution in [0.4, 0.5) is 5.69 Å². The molecule has 1 aromatic carbocycles. The van der Waals surface area contributed by atoms with Crippen molar-refractivity contribution in [3.63, 3.8) is 0 Å². The summed E-state index contributed by atoms with van der Waals surface area (Å²) in [5, 5.41) is 12.8. The van der Waals surface area contributed by atoms with E-state index in [1.54, 1.807) is 29.7 Å². The highest BCUT2D eigenvalue weighted by Gasteiger charge is 2.10. The average molecular weight is 272 g/mol. The fraction of sp³-hybridized carbons (Fsp3) is 0. The van der Waals surface area contributed by atoms with Gasteiger partial charge in [-0.05, 0) is 12.1 Å². The number of amides is 1. The van der Waals surface area contributed by atoms with Crippen LogP contribution in [0.5, 0.6) is 0 Å². The number of hydrogen-bond donors (Lipinski definition) is 3. The van der Waals surface area contributed by atoms with Gasteiger partial charge in [-0.15, -0.1) is 0 Å². The highest BCUT2D eigenvalue weighted by atomic mass is 35.5. The van der Waals surface area contributed by atoms with Gasteiger partial charge in [-0.1, -0.05) is 29.3 Å². The minimum Gasteiger partial charge on any atom is -0.288 e. The molecule has 0 aliphatic rings. The Morgan fingerprint density at radius 1 is 1.41 bits per heavy atom. The standard InChI is InChI=1S/C9H7Cl2N5O/c10-5-2-1-3-6(11)8(5)16-15-7(4-12)9(17)14-13/h1-3,16H,13H2,(H,14,17)/b15-7+. The largest absolute Gasteiger partial charge is 0.296 e. The van der Waals surface area contributed by atoms with E-state index >= 15 is 0 Å². The van der Waals surface area contributed by atoms with Crippen LogP contribution >= 0.6 is 23.2 Å². The lowest BCUT2D eigenvalue weighted by Gasteiger charge is -2.05. The van der Waals surface area contributed by atoms with E-state index in [1.165, 1.54) is 0 Å². The second kappa shape index (κ2) is 6.06. The van der Waals surface area contributed by atoms with Crippen LogP contribution in [0.25, 0.3) is 0 Å². The summed E-state index contributed by atoms with van der Waals surface area (Å²) in [6, 6.07) is 6.39. The summed E-state index contributed by atoms with van der Waals surface area (Å²) >= 11 is 11.7. The Kier molecular flexibility index (Phi) is 4.72. The van der Waals surface area contributed by atoms with E-state index in [0.717, 1.165) is 0 Å². The maximum atomic E-state index is 11.0. The molecule has 88 valence electrons. The number of hydrazine groups is 1. The molecule has 0 aliphatic heterocycles. The fourth-order valence-corrected chi connectivity index (χ4v) is 1.39. The molecule has 0 unspecified atom stereocenters. The van der Waals surface area contributed by atoms with E-state index in [4.69, 9.17) is 34.3 Å². The average Bonchev–Trinajstić information content (AvgIpc) is 2.32. The molecule has 0 radical (unpaired) electrons. The minimum atomic E-state index is -0.817. The first-order chi connectivity index (χ1) is 8.10. The van der Waals surface area contributed by atoms with Gasteiger partial charge in [0.1, 0.15) is 6.07 Å². The Balaban J connectivity index is 2.96. The summed E-state index contributed by atoms with van der Waals surface area (Å²) in [6.45, 7) is 0. The molecule has 0 saturated carbocycles. The zero-order valence-corrected chi connectivity index (χ0v) is 9.88. The lowest BCUT2D eigenvalue weighted by atomic mass is 10.3. The second-order valence-corrected chi connectivity index (χ2v) is 3.57. The monoisotopic (exact) mass is 271 g/mol. The first-order valence-corrected chi connectivity index (χ1v) is 5.04. The van der Waals surface area contributed by atoms with Crippen molar-refractivity contribution in [3.05, 3.63) is 28.2 Å². The van der Waals surface area contributed by atoms with Gasteiger partial charge in [-0.3, -0.25) is 15.6 Å². The Morgan fingerprint density at radius 3 is 2.47 bits per heavy atom. The molecule has 1 aromatic rings. The van der Waals surface area contributed by atoms with Gasteiger partial charge in [0, 0.05) is 0 Å². The Labute approximate surface area is 107 Å². The van der Waals surface area contributed by atoms with Crippen LogP contribution in [-0.4, -0.2) is 11.6 Å². The van der Waals surface area contributed by atoms with Gasteiger partial charge in [-0.2, -0.15) is 10.4 Å². The predicted octanol–water partition coefficient (Wildman–Crippen LogP) is 1.27. The first kappa shape index (κ1) is 13.3. The minimum absolute atomic E-state index is 0.299. The maximum Gasteiger partial charge on any atom is 0.296 e. The van der Waals surface area contributed by atoms with E-state index in [9.17, 15) is 4.79 Å². The number of carbonyl (C=O) groups excluding carboxylic acids is 1. The SMILES string of the molecule is N#C/C(=N\Nc1c(Cl)cccc1Cl)C(=O)NN. The summed E-state index contributed by atoms with van der Waals surface area (Å²) in [5.41, 5.74) is 4.07. The van der Waals surface area contributed by atoms with Gasteiger partial charge in [-0.25, -0.2) is 5.84 Å². The van der Waals surface area contributed by atoms with Crippen molar-refractivity contribution in [1.82, 2.24) is 5.43 Å². The molecule has 8 heteroatoms. The number of halogens is 2. The van der Waals surface area contributed by atoms with Crippen molar-refractivity contribution < 1.29 is 4.79 Å². The number of carbonyl (C=O) groups is 1. The molecule has 1 rings (SSSR count). The smallest absolute Gasteiger partial charge is 0.288 e. The quantitative estimate of drug-likeness (QED) is 0.333. The zero-order valence-electron chi connectivity index (χ0n) is 8.37. The van der Waals surface area contributed by atoms with Crippen molar-refractivity contribution in [2.24, 2.45) is 10.9 Å². The molecular formula is C9H7Cl2N5O. The highest BCUT2D eigenvalue weighted by Crippen LogP contribution is 2.29. The van der Waals surface area contributed by atoms with Crippen LogP contribution in [0.15, 0.2) is 23.3 Å². The molecule has 0 bridgehead atoms. The summed E-state index contributed by atoms with van der Waals surface area (Å²) in [7, 11) is 0. The molecule has 0 aliphatic carbocycles. The molecule has 0 aromatic heterocycles. The van der Waals surface area contributed by atoms with Crippen LogP contribution in [0.1, 0.15) is 0 Å². The van der Waals surface area contributed by atoms with Crippen molar-refractivity contribution in [2.45, 2.75) is 0 Å². The summed E-state index contributed by atoms with van der Waals surface area (Å²) < 4.78 is 0. The normalized spacial score (nSPS) is 10.6. The number of nitriles is 1. The van der Waals surface area contributed by atoms with E-state index in [1.807, 2.05) is 0 Å². The lowest BCUT2D eigenvalue weighted by Crippen LogP contribution is -2.36. The summed E-state index contributed by atoms with van der Waals surface area (Å²) in [5.74, 6) is 4.05. The number of rotatable bonds is 3. The highest BCUT2D eigenvalue weighted by molar-refractivity contribution is 6.45. The van der Waals surface area contributed by atoms with Crippen LogP contribution in [0, 0.1) is 11.3 Å². The van der Waals surface area contributed by atoms with Crippen molar-refractivity contribution in [3.8, 4) is 6.07 Å². The number of anilines is 1. The van der Waals surface area contributed by atoms with Crippen molar-refractivity contribution >= 4 is 40.5 Å².